The lowest BCUT2D eigenvalue weighted by atomic mass is 9.78. The van der Waals surface area contributed by atoms with Crippen LogP contribution in [0, 0.1) is 5.41 Å². The monoisotopic (exact) mass is 419 g/mol. The number of aromatic nitrogens is 1. The zero-order valence-electron chi connectivity index (χ0n) is 18.8. The normalized spacial score (nSPS) is 11.5. The molecule has 0 aliphatic carbocycles. The largest absolute Gasteiger partial charge is 0.480 e. The van der Waals surface area contributed by atoms with Crippen LogP contribution < -0.4 is 0 Å². The molecule has 0 amide bonds. The molecule has 0 unspecified atom stereocenters. The Morgan fingerprint density at radius 3 is 1.77 bits per heavy atom. The van der Waals surface area contributed by atoms with Gasteiger partial charge in [0.25, 0.3) is 0 Å². The molecule has 30 heavy (non-hydrogen) atoms. The van der Waals surface area contributed by atoms with Crippen molar-refractivity contribution in [2.75, 3.05) is 0 Å². The van der Waals surface area contributed by atoms with Gasteiger partial charge in [0, 0.05) is 12.4 Å². The first-order valence-electron chi connectivity index (χ1n) is 11.9. The fraction of sp³-hybridized carbons (Fsp3) is 0.720. The first kappa shape index (κ1) is 26.1. The van der Waals surface area contributed by atoms with Gasteiger partial charge in [-0.25, -0.2) is 0 Å². The van der Waals surface area contributed by atoms with E-state index in [1.807, 2.05) is 18.3 Å². The average molecular weight is 420 g/mol. The molecule has 0 atom stereocenters. The van der Waals surface area contributed by atoms with Gasteiger partial charge in [0.1, 0.15) is 0 Å². The van der Waals surface area contributed by atoms with Crippen LogP contribution in [0.4, 0.5) is 0 Å². The Hall–Kier alpha value is -1.91. The molecule has 0 saturated heterocycles. The van der Waals surface area contributed by atoms with E-state index in [9.17, 15) is 19.8 Å². The van der Waals surface area contributed by atoms with Crippen molar-refractivity contribution in [1.82, 2.24) is 4.98 Å². The van der Waals surface area contributed by atoms with Crippen molar-refractivity contribution in [3.8, 4) is 0 Å². The fourth-order valence-electron chi connectivity index (χ4n) is 4.04. The molecule has 2 N–H and O–H groups in total. The van der Waals surface area contributed by atoms with Crippen LogP contribution >= 0.6 is 0 Å². The molecule has 0 spiro atoms. The summed E-state index contributed by atoms with van der Waals surface area (Å²) in [5.74, 6) is -2.36. The summed E-state index contributed by atoms with van der Waals surface area (Å²) in [4.78, 5) is 27.8. The van der Waals surface area contributed by atoms with Crippen LogP contribution in [0.25, 0.3) is 0 Å². The van der Waals surface area contributed by atoms with Gasteiger partial charge in [-0.1, -0.05) is 90.0 Å². The second-order valence-corrected chi connectivity index (χ2v) is 8.55. The number of carboxylic acids is 2. The molecule has 1 rings (SSSR count). The molecule has 5 nitrogen and oxygen atoms in total. The van der Waals surface area contributed by atoms with Crippen molar-refractivity contribution < 1.29 is 19.8 Å². The third kappa shape index (κ3) is 10.2. The predicted octanol–water partition coefficient (Wildman–Crippen LogP) is 6.65. The van der Waals surface area contributed by atoms with Gasteiger partial charge in [0.05, 0.1) is 0 Å². The maximum atomic E-state index is 11.9. The van der Waals surface area contributed by atoms with E-state index in [2.05, 4.69) is 11.9 Å². The van der Waals surface area contributed by atoms with Crippen LogP contribution in [0.5, 0.6) is 0 Å². The summed E-state index contributed by atoms with van der Waals surface area (Å²) in [6, 6.07) is 3.93. The van der Waals surface area contributed by atoms with Gasteiger partial charge in [0.15, 0.2) is 5.41 Å². The minimum atomic E-state index is -1.63. The topological polar surface area (TPSA) is 87.5 Å². The summed E-state index contributed by atoms with van der Waals surface area (Å²) in [6.07, 6.45) is 18.8. The van der Waals surface area contributed by atoms with E-state index in [4.69, 9.17) is 0 Å². The van der Waals surface area contributed by atoms with Crippen molar-refractivity contribution in [3.63, 3.8) is 0 Å². The second-order valence-electron chi connectivity index (χ2n) is 8.55. The van der Waals surface area contributed by atoms with Gasteiger partial charge in [-0.05, 0) is 37.3 Å². The summed E-state index contributed by atoms with van der Waals surface area (Å²) in [7, 11) is 0. The fourth-order valence-corrected chi connectivity index (χ4v) is 4.04. The molecule has 0 aliphatic heterocycles. The number of nitrogens with zero attached hydrogens (tertiary/aromatic N) is 1. The van der Waals surface area contributed by atoms with Gasteiger partial charge < -0.3 is 10.2 Å². The third-order valence-electron chi connectivity index (χ3n) is 6.07. The van der Waals surface area contributed by atoms with Crippen LogP contribution in [-0.4, -0.2) is 27.1 Å². The molecular weight excluding hydrogens is 378 g/mol. The number of aryl methyl sites for hydroxylation is 1. The lowest BCUT2D eigenvalue weighted by Crippen LogP contribution is -2.39. The molecule has 5 heteroatoms. The van der Waals surface area contributed by atoms with Crippen LogP contribution in [0.2, 0.25) is 0 Å². The van der Waals surface area contributed by atoms with E-state index in [1.165, 1.54) is 38.5 Å². The molecule has 1 aromatic heterocycles. The Morgan fingerprint density at radius 2 is 1.30 bits per heavy atom. The van der Waals surface area contributed by atoms with Gasteiger partial charge in [-0.15, -0.1) is 0 Å². The first-order valence-corrected chi connectivity index (χ1v) is 11.9. The van der Waals surface area contributed by atoms with Crippen molar-refractivity contribution in [1.29, 1.82) is 0 Å². The lowest BCUT2D eigenvalue weighted by molar-refractivity contribution is -0.166. The standard InChI is InChI=1S/C25H41NO4/c1-2-3-4-5-6-7-8-9-10-13-18-25(23(27)28,24(29)30)19-14-11-12-16-22-17-15-20-26-21-22/h15,17,20-21H,2-14,16,18-19H2,1H3,(H,27,28)(H,29,30). The molecule has 0 aromatic carbocycles. The van der Waals surface area contributed by atoms with Gasteiger partial charge >= 0.3 is 11.9 Å². The van der Waals surface area contributed by atoms with E-state index < -0.39 is 17.4 Å². The van der Waals surface area contributed by atoms with Crippen molar-refractivity contribution in [3.05, 3.63) is 30.1 Å². The predicted molar refractivity (Wildman–Crippen MR) is 121 cm³/mol. The molecule has 1 heterocycles. The van der Waals surface area contributed by atoms with Gasteiger partial charge in [-0.2, -0.15) is 0 Å². The molecule has 1 aromatic rings. The molecular formula is C25H41NO4. The Balaban J connectivity index is 2.28. The Kier molecular flexibility index (Phi) is 13.8. The number of unbranched alkanes of at least 4 members (excludes halogenated alkanes) is 11. The average Bonchev–Trinajstić information content (AvgIpc) is 2.73. The van der Waals surface area contributed by atoms with E-state index in [-0.39, 0.29) is 12.8 Å². The maximum absolute atomic E-state index is 11.9. The van der Waals surface area contributed by atoms with E-state index in [0.29, 0.717) is 12.8 Å². The number of carboxylic acid groups (broad SMARTS) is 2. The van der Waals surface area contributed by atoms with Gasteiger partial charge in [-0.3, -0.25) is 14.6 Å². The van der Waals surface area contributed by atoms with E-state index in [1.54, 1.807) is 6.20 Å². The zero-order chi connectivity index (χ0) is 22.1. The van der Waals surface area contributed by atoms with E-state index >= 15 is 0 Å². The lowest BCUT2D eigenvalue weighted by Gasteiger charge is -2.25. The number of aliphatic carboxylic acids is 2. The van der Waals surface area contributed by atoms with Gasteiger partial charge in [0.2, 0.25) is 0 Å². The maximum Gasteiger partial charge on any atom is 0.321 e. The molecule has 0 radical (unpaired) electrons. The number of carbonyl (C=O) groups is 2. The first-order chi connectivity index (χ1) is 14.5. The minimum Gasteiger partial charge on any atom is -0.480 e. The highest BCUT2D eigenvalue weighted by atomic mass is 16.4. The molecule has 0 saturated carbocycles. The van der Waals surface area contributed by atoms with Crippen molar-refractivity contribution in [2.45, 2.75) is 110 Å². The number of pyridine rings is 1. The minimum absolute atomic E-state index is 0.210. The number of hydrogen-bond acceptors (Lipinski definition) is 3. The number of rotatable bonds is 19. The summed E-state index contributed by atoms with van der Waals surface area (Å²) >= 11 is 0. The highest BCUT2D eigenvalue weighted by molar-refractivity contribution is 5.98. The Morgan fingerprint density at radius 1 is 0.800 bits per heavy atom. The third-order valence-corrected chi connectivity index (χ3v) is 6.07. The second kappa shape index (κ2) is 15.9. The molecule has 170 valence electrons. The molecule has 0 aliphatic rings. The van der Waals surface area contributed by atoms with Crippen molar-refractivity contribution >= 4 is 11.9 Å². The quantitative estimate of drug-likeness (QED) is 0.193. The summed E-state index contributed by atoms with van der Waals surface area (Å²) in [6.45, 7) is 2.22. The van der Waals surface area contributed by atoms with E-state index in [0.717, 1.165) is 44.1 Å². The zero-order valence-corrected chi connectivity index (χ0v) is 18.8. The number of hydrogen-bond donors (Lipinski definition) is 2. The molecule has 0 fully saturated rings. The van der Waals surface area contributed by atoms with Crippen LogP contribution in [0.1, 0.15) is 109 Å². The molecule has 0 bridgehead atoms. The van der Waals surface area contributed by atoms with Crippen molar-refractivity contribution in [2.24, 2.45) is 5.41 Å². The highest BCUT2D eigenvalue weighted by Crippen LogP contribution is 2.33. The van der Waals surface area contributed by atoms with Crippen LogP contribution in [-0.2, 0) is 16.0 Å². The summed E-state index contributed by atoms with van der Waals surface area (Å²) in [5.41, 5.74) is -0.473. The smallest absolute Gasteiger partial charge is 0.321 e. The summed E-state index contributed by atoms with van der Waals surface area (Å²) < 4.78 is 0. The van der Waals surface area contributed by atoms with Crippen LogP contribution in [0.15, 0.2) is 24.5 Å². The van der Waals surface area contributed by atoms with Crippen LogP contribution in [0.3, 0.4) is 0 Å². The Bertz CT molecular complexity index is 574. The SMILES string of the molecule is CCCCCCCCCCCCC(CCCCCc1cccnc1)(C(=O)O)C(=O)O. The Labute approximate surface area is 182 Å². The highest BCUT2D eigenvalue weighted by Gasteiger charge is 2.45. The summed E-state index contributed by atoms with van der Waals surface area (Å²) in [5, 5.41) is 19.4.